The highest BCUT2D eigenvalue weighted by Crippen LogP contribution is 2.34. The number of hydrogen-bond acceptors (Lipinski definition) is 5. The van der Waals surface area contributed by atoms with Crippen molar-refractivity contribution in [3.8, 4) is 11.4 Å². The van der Waals surface area contributed by atoms with Gasteiger partial charge in [0.15, 0.2) is 0 Å². The molecule has 0 atom stereocenters. The zero-order valence-corrected chi connectivity index (χ0v) is 19.6. The number of ether oxygens (including phenoxy) is 1. The topological polar surface area (TPSA) is 80.6 Å². The molecule has 9 heteroatoms. The van der Waals surface area contributed by atoms with Crippen molar-refractivity contribution in [3.05, 3.63) is 82.3 Å². The van der Waals surface area contributed by atoms with Crippen molar-refractivity contribution in [1.29, 1.82) is 0 Å². The summed E-state index contributed by atoms with van der Waals surface area (Å²) in [6.45, 7) is 3.42. The number of nitrogens with one attached hydrogen (secondary N) is 1. The quantitative estimate of drug-likeness (QED) is 0.508. The Labute approximate surface area is 200 Å². The maximum absolute atomic E-state index is 13.3. The zero-order chi connectivity index (χ0) is 24.4. The van der Waals surface area contributed by atoms with Crippen molar-refractivity contribution in [2.24, 2.45) is 0 Å². The Bertz CT molecular complexity index is 1330. The summed E-state index contributed by atoms with van der Waals surface area (Å²) in [7, 11) is 1.61. The maximum Gasteiger partial charge on any atom is 0.294 e. The molecule has 4 rings (SSSR count). The van der Waals surface area contributed by atoms with Gasteiger partial charge in [0, 0.05) is 28.8 Å². The highest BCUT2D eigenvalue weighted by molar-refractivity contribution is 8.18. The zero-order valence-electron chi connectivity index (χ0n) is 18.8. The van der Waals surface area contributed by atoms with Crippen LogP contribution < -0.4 is 10.1 Å². The second-order valence-electron chi connectivity index (χ2n) is 7.69. The van der Waals surface area contributed by atoms with E-state index in [0.29, 0.717) is 0 Å². The molecular weight excluding hydrogens is 457 g/mol. The lowest BCUT2D eigenvalue weighted by Crippen LogP contribution is -2.36. The lowest BCUT2D eigenvalue weighted by atomic mass is 10.2. The largest absolute Gasteiger partial charge is 0.497 e. The SMILES string of the molecule is COc1cccc(-n2c(C)cc(/C=C3\SC(=O)N(CC(=O)Nc4cccc(F)c4)C3=O)c2C)c1. The van der Waals surface area contributed by atoms with Crippen LogP contribution in [-0.2, 0) is 9.59 Å². The van der Waals surface area contributed by atoms with E-state index in [1.54, 1.807) is 13.2 Å². The van der Waals surface area contributed by atoms with Crippen molar-refractivity contribution in [2.75, 3.05) is 19.0 Å². The molecule has 174 valence electrons. The van der Waals surface area contributed by atoms with E-state index in [9.17, 15) is 18.8 Å². The van der Waals surface area contributed by atoms with Gasteiger partial charge in [-0.15, -0.1) is 0 Å². The van der Waals surface area contributed by atoms with Crippen molar-refractivity contribution in [3.63, 3.8) is 0 Å². The highest BCUT2D eigenvalue weighted by Gasteiger charge is 2.36. The van der Waals surface area contributed by atoms with Gasteiger partial charge in [0.05, 0.1) is 12.0 Å². The van der Waals surface area contributed by atoms with E-state index in [4.69, 9.17) is 4.74 Å². The summed E-state index contributed by atoms with van der Waals surface area (Å²) in [5, 5.41) is 1.96. The molecule has 0 aliphatic carbocycles. The number of amides is 3. The van der Waals surface area contributed by atoms with Crippen LogP contribution >= 0.6 is 11.8 Å². The van der Waals surface area contributed by atoms with Gasteiger partial charge in [0.2, 0.25) is 5.91 Å². The number of nitrogens with zero attached hydrogens (tertiary/aromatic N) is 2. The van der Waals surface area contributed by atoms with Crippen LogP contribution in [0.5, 0.6) is 5.75 Å². The summed E-state index contributed by atoms with van der Waals surface area (Å²) >= 11 is 0.782. The van der Waals surface area contributed by atoms with Gasteiger partial charge in [-0.25, -0.2) is 4.39 Å². The Balaban J connectivity index is 1.53. The van der Waals surface area contributed by atoms with Crippen LogP contribution in [0.15, 0.2) is 59.5 Å². The van der Waals surface area contributed by atoms with Crippen molar-refractivity contribution >= 4 is 40.6 Å². The predicted molar refractivity (Wildman–Crippen MR) is 130 cm³/mol. The van der Waals surface area contributed by atoms with E-state index in [1.165, 1.54) is 18.2 Å². The molecule has 1 fully saturated rings. The first-order valence-corrected chi connectivity index (χ1v) is 11.2. The number of halogens is 1. The fourth-order valence-electron chi connectivity index (χ4n) is 3.77. The van der Waals surface area contributed by atoms with E-state index < -0.39 is 29.4 Å². The molecule has 2 heterocycles. The van der Waals surface area contributed by atoms with E-state index in [0.717, 1.165) is 51.1 Å². The molecule has 2 aromatic carbocycles. The fraction of sp³-hybridized carbons (Fsp3) is 0.160. The molecule has 0 unspecified atom stereocenters. The molecule has 7 nitrogen and oxygen atoms in total. The first-order chi connectivity index (χ1) is 16.3. The number of carbonyl (C=O) groups excluding carboxylic acids is 3. The molecule has 0 radical (unpaired) electrons. The van der Waals surface area contributed by atoms with Crippen molar-refractivity contribution in [2.45, 2.75) is 13.8 Å². The molecular formula is C25H22FN3O4S. The number of anilines is 1. The summed E-state index contributed by atoms with van der Waals surface area (Å²) in [4.78, 5) is 38.8. The van der Waals surface area contributed by atoms with Gasteiger partial charge in [-0.3, -0.25) is 19.3 Å². The molecule has 1 aliphatic rings. The number of imide groups is 1. The number of thioether (sulfide) groups is 1. The third kappa shape index (κ3) is 4.74. The summed E-state index contributed by atoms with van der Waals surface area (Å²) in [5.41, 5.74) is 3.79. The third-order valence-electron chi connectivity index (χ3n) is 5.35. The highest BCUT2D eigenvalue weighted by atomic mass is 32.2. The smallest absolute Gasteiger partial charge is 0.294 e. The summed E-state index contributed by atoms with van der Waals surface area (Å²) < 4.78 is 20.7. The molecule has 0 spiro atoms. The molecule has 3 aromatic rings. The molecule has 1 aliphatic heterocycles. The number of benzene rings is 2. The Morgan fingerprint density at radius 1 is 1.12 bits per heavy atom. The van der Waals surface area contributed by atoms with Crippen LogP contribution in [0.1, 0.15) is 17.0 Å². The van der Waals surface area contributed by atoms with E-state index in [1.807, 2.05) is 48.7 Å². The standard InChI is InChI=1S/C25H22FN3O4S/c1-15-10-17(16(2)29(15)20-8-5-9-21(13-20)33-3)11-22-24(31)28(25(32)34-22)14-23(30)27-19-7-4-6-18(26)12-19/h4-13H,14H2,1-3H3,(H,27,30)/b22-11-. The number of carbonyl (C=O) groups is 3. The number of rotatable bonds is 6. The Kier molecular flexibility index (Phi) is 6.56. The average Bonchev–Trinajstić information content (AvgIpc) is 3.22. The minimum Gasteiger partial charge on any atom is -0.497 e. The summed E-state index contributed by atoms with van der Waals surface area (Å²) in [5.74, 6) is -0.913. The van der Waals surface area contributed by atoms with Gasteiger partial charge in [0.25, 0.3) is 11.1 Å². The minimum atomic E-state index is -0.592. The predicted octanol–water partition coefficient (Wildman–Crippen LogP) is 4.92. The molecule has 1 N–H and O–H groups in total. The van der Waals surface area contributed by atoms with E-state index in [2.05, 4.69) is 5.32 Å². The lowest BCUT2D eigenvalue weighted by Gasteiger charge is -2.12. The average molecular weight is 480 g/mol. The summed E-state index contributed by atoms with van der Waals surface area (Å²) in [6, 6.07) is 14.9. The number of aryl methyl sites for hydroxylation is 1. The first-order valence-electron chi connectivity index (χ1n) is 10.4. The number of aromatic nitrogens is 1. The Morgan fingerprint density at radius 2 is 1.88 bits per heavy atom. The van der Waals surface area contributed by atoms with Crippen molar-refractivity contribution < 1.29 is 23.5 Å². The number of hydrogen-bond donors (Lipinski definition) is 1. The van der Waals surface area contributed by atoms with E-state index in [-0.39, 0.29) is 10.6 Å². The van der Waals surface area contributed by atoms with Crippen LogP contribution in [0.4, 0.5) is 14.9 Å². The van der Waals surface area contributed by atoms with Crippen LogP contribution in [-0.4, -0.2) is 40.2 Å². The van der Waals surface area contributed by atoms with Gasteiger partial charge in [-0.05, 0) is 73.6 Å². The molecule has 3 amide bonds. The molecule has 0 saturated carbocycles. The second kappa shape index (κ2) is 9.56. The molecule has 0 bridgehead atoms. The molecule has 1 aromatic heterocycles. The summed E-state index contributed by atoms with van der Waals surface area (Å²) in [6.07, 6.45) is 1.66. The van der Waals surface area contributed by atoms with Crippen LogP contribution in [0, 0.1) is 19.7 Å². The normalized spacial score (nSPS) is 14.7. The Hall–Kier alpha value is -3.85. The first kappa shape index (κ1) is 23.3. The van der Waals surface area contributed by atoms with E-state index >= 15 is 0 Å². The monoisotopic (exact) mass is 479 g/mol. The van der Waals surface area contributed by atoms with Gasteiger partial charge in [-0.2, -0.15) is 0 Å². The third-order valence-corrected chi connectivity index (χ3v) is 6.26. The van der Waals surface area contributed by atoms with Crippen LogP contribution in [0.3, 0.4) is 0 Å². The molecule has 34 heavy (non-hydrogen) atoms. The minimum absolute atomic E-state index is 0.231. The fourth-order valence-corrected chi connectivity index (χ4v) is 4.60. The van der Waals surface area contributed by atoms with Crippen molar-refractivity contribution in [1.82, 2.24) is 9.47 Å². The van der Waals surface area contributed by atoms with Gasteiger partial charge in [0.1, 0.15) is 18.1 Å². The maximum atomic E-state index is 13.3. The van der Waals surface area contributed by atoms with Gasteiger partial charge in [-0.1, -0.05) is 12.1 Å². The van der Waals surface area contributed by atoms with Crippen LogP contribution in [0.2, 0.25) is 0 Å². The van der Waals surface area contributed by atoms with Crippen LogP contribution in [0.25, 0.3) is 11.8 Å². The lowest BCUT2D eigenvalue weighted by molar-refractivity contribution is -0.127. The van der Waals surface area contributed by atoms with Gasteiger partial charge < -0.3 is 14.6 Å². The van der Waals surface area contributed by atoms with Gasteiger partial charge >= 0.3 is 0 Å². The molecule has 1 saturated heterocycles. The Morgan fingerprint density at radius 3 is 2.62 bits per heavy atom. The second-order valence-corrected chi connectivity index (χ2v) is 8.68. The number of methoxy groups -OCH3 is 1.